The van der Waals surface area contributed by atoms with Gasteiger partial charge in [0.2, 0.25) is 0 Å². The van der Waals surface area contributed by atoms with E-state index >= 15 is 0 Å². The first-order valence-electron chi connectivity index (χ1n) is 5.88. The normalized spacial score (nSPS) is 11.7. The lowest BCUT2D eigenvalue weighted by atomic mass is 10.4. The molecule has 0 saturated carbocycles. The smallest absolute Gasteiger partial charge is 0.193 e. The number of halogens is 1. The van der Waals surface area contributed by atoms with Crippen molar-refractivity contribution in [3.8, 4) is 0 Å². The third kappa shape index (κ3) is 3.97. The number of aromatic nitrogens is 1. The minimum absolute atomic E-state index is 0.772. The van der Waals surface area contributed by atoms with Crippen molar-refractivity contribution in [2.24, 2.45) is 12.0 Å². The van der Waals surface area contributed by atoms with E-state index in [4.69, 9.17) is 11.6 Å². The first-order valence-corrected chi connectivity index (χ1v) is 6.26. The lowest BCUT2D eigenvalue weighted by Gasteiger charge is -2.22. The Morgan fingerprint density at radius 3 is 2.71 bits per heavy atom. The van der Waals surface area contributed by atoms with Crippen LogP contribution in [0.15, 0.2) is 17.3 Å². The molecule has 0 radical (unpaired) electrons. The van der Waals surface area contributed by atoms with E-state index in [0.717, 1.165) is 30.6 Å². The fraction of sp³-hybridized carbons (Fsp3) is 0.583. The Morgan fingerprint density at radius 2 is 2.24 bits per heavy atom. The Morgan fingerprint density at radius 1 is 1.53 bits per heavy atom. The van der Waals surface area contributed by atoms with E-state index in [1.165, 1.54) is 5.69 Å². The van der Waals surface area contributed by atoms with Crippen LogP contribution < -0.4 is 5.32 Å². The van der Waals surface area contributed by atoms with Crippen LogP contribution >= 0.6 is 11.6 Å². The minimum Gasteiger partial charge on any atom is -0.357 e. The zero-order chi connectivity index (χ0) is 12.8. The lowest BCUT2D eigenvalue weighted by molar-refractivity contribution is 0.462. The third-order valence-electron chi connectivity index (χ3n) is 2.48. The van der Waals surface area contributed by atoms with Crippen molar-refractivity contribution in [3.63, 3.8) is 0 Å². The van der Waals surface area contributed by atoms with Crippen LogP contribution in [-0.2, 0) is 13.6 Å². The van der Waals surface area contributed by atoms with Gasteiger partial charge < -0.3 is 14.8 Å². The number of hydrogen-bond donors (Lipinski definition) is 1. The predicted molar refractivity (Wildman–Crippen MR) is 73.5 cm³/mol. The number of nitrogens with one attached hydrogen (secondary N) is 1. The first kappa shape index (κ1) is 13.9. The molecule has 0 aromatic carbocycles. The summed E-state index contributed by atoms with van der Waals surface area (Å²) in [6.45, 7) is 6.54. The second-order valence-electron chi connectivity index (χ2n) is 3.94. The monoisotopic (exact) mass is 256 g/mol. The number of nitrogens with zero attached hydrogens (tertiary/aromatic N) is 3. The van der Waals surface area contributed by atoms with Crippen molar-refractivity contribution in [2.75, 3.05) is 20.1 Å². The molecule has 5 heteroatoms. The maximum absolute atomic E-state index is 5.97. The van der Waals surface area contributed by atoms with E-state index in [-0.39, 0.29) is 0 Å². The fourth-order valence-corrected chi connectivity index (χ4v) is 1.93. The minimum atomic E-state index is 0.772. The molecule has 0 fully saturated rings. The van der Waals surface area contributed by atoms with E-state index in [1.807, 2.05) is 37.8 Å². The molecule has 0 amide bonds. The Balaban J connectivity index is 2.72. The summed E-state index contributed by atoms with van der Waals surface area (Å²) >= 11 is 5.97. The van der Waals surface area contributed by atoms with E-state index < -0.39 is 0 Å². The molecule has 0 bridgehead atoms. The van der Waals surface area contributed by atoms with Crippen LogP contribution in [0.5, 0.6) is 0 Å². The van der Waals surface area contributed by atoms with Gasteiger partial charge in [0.1, 0.15) is 0 Å². The first-order chi connectivity index (χ1) is 8.08. The summed E-state index contributed by atoms with van der Waals surface area (Å²) in [5.41, 5.74) is 1.17. The lowest BCUT2D eigenvalue weighted by Crippen LogP contribution is -2.38. The molecule has 0 unspecified atom stereocenters. The van der Waals surface area contributed by atoms with Gasteiger partial charge in [0.05, 0.1) is 11.6 Å². The van der Waals surface area contributed by atoms with Gasteiger partial charge in [-0.25, -0.2) is 0 Å². The van der Waals surface area contributed by atoms with Gasteiger partial charge in [-0.1, -0.05) is 11.6 Å². The molecule has 1 N–H and O–H groups in total. The molecule has 0 aliphatic rings. The third-order valence-corrected chi connectivity index (χ3v) is 2.68. The molecule has 1 aromatic rings. The van der Waals surface area contributed by atoms with E-state index in [0.29, 0.717) is 0 Å². The summed E-state index contributed by atoms with van der Waals surface area (Å²) in [5.74, 6) is 0.923. The average molecular weight is 257 g/mol. The molecule has 1 aromatic heterocycles. The van der Waals surface area contributed by atoms with Crippen molar-refractivity contribution in [2.45, 2.75) is 20.4 Å². The molecule has 0 aliphatic carbocycles. The predicted octanol–water partition coefficient (Wildman–Crippen LogP) is 2.10. The Labute approximate surface area is 108 Å². The van der Waals surface area contributed by atoms with Gasteiger partial charge in [-0.15, -0.1) is 0 Å². The van der Waals surface area contributed by atoms with Crippen LogP contribution in [0.3, 0.4) is 0 Å². The highest BCUT2D eigenvalue weighted by Gasteiger charge is 2.08. The molecule has 96 valence electrons. The standard InChI is InChI=1S/C12H21ClN4/c1-5-14-12(15-6-2)17(4)9-11-7-10(13)8-16(11)3/h7-8H,5-6,9H2,1-4H3,(H,14,15). The van der Waals surface area contributed by atoms with Crippen LogP contribution in [0.2, 0.25) is 5.02 Å². The summed E-state index contributed by atoms with van der Waals surface area (Å²) < 4.78 is 2.04. The number of guanidine groups is 1. The van der Waals surface area contributed by atoms with Gasteiger partial charge in [0, 0.05) is 39.1 Å². The maximum Gasteiger partial charge on any atom is 0.193 e. The van der Waals surface area contributed by atoms with Gasteiger partial charge in [-0.05, 0) is 19.9 Å². The van der Waals surface area contributed by atoms with Gasteiger partial charge in [0.25, 0.3) is 0 Å². The van der Waals surface area contributed by atoms with Crippen LogP contribution in [-0.4, -0.2) is 35.6 Å². The van der Waals surface area contributed by atoms with E-state index in [2.05, 4.69) is 22.1 Å². The summed E-state index contributed by atoms with van der Waals surface area (Å²) in [4.78, 5) is 6.53. The maximum atomic E-state index is 5.97. The van der Waals surface area contributed by atoms with E-state index in [1.54, 1.807) is 0 Å². The summed E-state index contributed by atoms with van der Waals surface area (Å²) in [6, 6.07) is 1.98. The zero-order valence-electron chi connectivity index (χ0n) is 11.0. The fourth-order valence-electron chi connectivity index (χ4n) is 1.66. The molecule has 0 atom stereocenters. The number of aryl methyl sites for hydroxylation is 1. The Kier molecular flexibility index (Phi) is 5.35. The quantitative estimate of drug-likeness (QED) is 0.661. The SMILES string of the molecule is CCN=C(NCC)N(C)Cc1cc(Cl)cn1C. The van der Waals surface area contributed by atoms with Crippen molar-refractivity contribution >= 4 is 17.6 Å². The van der Waals surface area contributed by atoms with Crippen LogP contribution in [0.4, 0.5) is 0 Å². The van der Waals surface area contributed by atoms with Gasteiger partial charge in [0.15, 0.2) is 5.96 Å². The number of aliphatic imine (C=N–C) groups is 1. The van der Waals surface area contributed by atoms with Crippen molar-refractivity contribution in [1.82, 2.24) is 14.8 Å². The van der Waals surface area contributed by atoms with Crippen molar-refractivity contribution < 1.29 is 0 Å². The Bertz CT molecular complexity index is 384. The van der Waals surface area contributed by atoms with Crippen LogP contribution in [0.25, 0.3) is 0 Å². The van der Waals surface area contributed by atoms with Gasteiger partial charge in [-0.3, -0.25) is 4.99 Å². The highest BCUT2D eigenvalue weighted by molar-refractivity contribution is 6.30. The average Bonchev–Trinajstić information content (AvgIpc) is 2.57. The second-order valence-corrected chi connectivity index (χ2v) is 4.38. The molecular weight excluding hydrogens is 236 g/mol. The zero-order valence-corrected chi connectivity index (χ0v) is 11.8. The highest BCUT2D eigenvalue weighted by Crippen LogP contribution is 2.14. The van der Waals surface area contributed by atoms with Gasteiger partial charge in [-0.2, -0.15) is 0 Å². The molecule has 1 heterocycles. The highest BCUT2D eigenvalue weighted by atomic mass is 35.5. The molecule has 1 rings (SSSR count). The van der Waals surface area contributed by atoms with Crippen LogP contribution in [0.1, 0.15) is 19.5 Å². The van der Waals surface area contributed by atoms with Crippen LogP contribution in [0, 0.1) is 0 Å². The largest absolute Gasteiger partial charge is 0.357 e. The summed E-state index contributed by atoms with van der Waals surface area (Å²) in [6.07, 6.45) is 1.91. The Hall–Kier alpha value is -1.16. The topological polar surface area (TPSA) is 32.6 Å². The number of rotatable bonds is 4. The second kappa shape index (κ2) is 6.55. The van der Waals surface area contributed by atoms with Gasteiger partial charge >= 0.3 is 0 Å². The number of hydrogen-bond acceptors (Lipinski definition) is 1. The summed E-state index contributed by atoms with van der Waals surface area (Å²) in [5, 5.41) is 4.04. The van der Waals surface area contributed by atoms with Crippen molar-refractivity contribution in [3.05, 3.63) is 23.0 Å². The molecule has 0 spiro atoms. The molecule has 0 aliphatic heterocycles. The summed E-state index contributed by atoms with van der Waals surface area (Å²) in [7, 11) is 4.02. The molecule has 4 nitrogen and oxygen atoms in total. The van der Waals surface area contributed by atoms with E-state index in [9.17, 15) is 0 Å². The van der Waals surface area contributed by atoms with Crippen molar-refractivity contribution in [1.29, 1.82) is 0 Å². The molecule has 0 saturated heterocycles. The molecular formula is C12H21ClN4. The molecule has 17 heavy (non-hydrogen) atoms.